The molecule has 2 aromatic heterocycles. The third-order valence-corrected chi connectivity index (χ3v) is 3.40. The van der Waals surface area contributed by atoms with Crippen molar-refractivity contribution in [3.8, 4) is 17.3 Å². The topological polar surface area (TPSA) is 78.4 Å². The van der Waals surface area contributed by atoms with E-state index in [2.05, 4.69) is 11.2 Å². The molecule has 1 N–H and O–H groups in total. The van der Waals surface area contributed by atoms with E-state index in [0.717, 1.165) is 22.3 Å². The van der Waals surface area contributed by atoms with Gasteiger partial charge in [0.25, 0.3) is 0 Å². The second-order valence-corrected chi connectivity index (χ2v) is 4.71. The van der Waals surface area contributed by atoms with Crippen molar-refractivity contribution in [3.05, 3.63) is 59.3 Å². The van der Waals surface area contributed by atoms with Crippen LogP contribution in [0, 0.1) is 18.3 Å². The molecule has 1 aromatic carbocycles. The number of nitrogens with zero attached hydrogens (tertiary/aromatic N) is 3. The zero-order chi connectivity index (χ0) is 15.0. The van der Waals surface area contributed by atoms with Crippen molar-refractivity contribution in [2.45, 2.75) is 6.92 Å². The molecule has 0 saturated carbocycles. The van der Waals surface area contributed by atoms with Gasteiger partial charge in [-0.05, 0) is 36.8 Å². The molecular formula is C16H11N3O2. The molecule has 0 aliphatic heterocycles. The van der Waals surface area contributed by atoms with Crippen molar-refractivity contribution in [2.24, 2.45) is 0 Å². The normalized spacial score (nSPS) is 10.5. The molecule has 2 heterocycles. The number of rotatable bonds is 2. The molecule has 0 aliphatic rings. The van der Waals surface area contributed by atoms with Gasteiger partial charge in [0.2, 0.25) is 0 Å². The minimum atomic E-state index is -0.965. The first-order valence-electron chi connectivity index (χ1n) is 6.33. The van der Waals surface area contributed by atoms with Crippen molar-refractivity contribution in [1.29, 1.82) is 5.26 Å². The van der Waals surface area contributed by atoms with Gasteiger partial charge in [-0.3, -0.25) is 0 Å². The van der Waals surface area contributed by atoms with E-state index >= 15 is 0 Å². The number of hydrogen-bond donors (Lipinski definition) is 1. The second-order valence-electron chi connectivity index (χ2n) is 4.71. The van der Waals surface area contributed by atoms with Crippen LogP contribution in [0.1, 0.15) is 21.5 Å². The van der Waals surface area contributed by atoms with E-state index in [9.17, 15) is 10.1 Å². The molecule has 102 valence electrons. The molecule has 0 fully saturated rings. The van der Waals surface area contributed by atoms with Gasteiger partial charge in [0.1, 0.15) is 6.07 Å². The van der Waals surface area contributed by atoms with E-state index in [1.165, 1.54) is 0 Å². The van der Waals surface area contributed by atoms with Gasteiger partial charge in [-0.15, -0.1) is 0 Å². The Morgan fingerprint density at radius 3 is 2.62 bits per heavy atom. The van der Waals surface area contributed by atoms with Gasteiger partial charge in [-0.1, -0.05) is 12.1 Å². The average molecular weight is 277 g/mol. The molecule has 0 radical (unpaired) electrons. The molecule has 5 heteroatoms. The minimum absolute atomic E-state index is 0.226. The smallest absolute Gasteiger partial charge is 0.335 e. The van der Waals surface area contributed by atoms with E-state index in [1.54, 1.807) is 41.0 Å². The summed E-state index contributed by atoms with van der Waals surface area (Å²) in [5, 5.41) is 22.5. The Bertz CT molecular complexity index is 886. The molecule has 0 unspecified atom stereocenters. The molecule has 3 aromatic rings. The predicted octanol–water partition coefficient (Wildman–Crippen LogP) is 2.88. The average Bonchev–Trinajstić information content (AvgIpc) is 2.87. The maximum Gasteiger partial charge on any atom is 0.335 e. The molecule has 0 amide bonds. The number of hydrogen-bond acceptors (Lipinski definition) is 3. The van der Waals surface area contributed by atoms with Gasteiger partial charge in [0, 0.05) is 11.8 Å². The van der Waals surface area contributed by atoms with Crippen LogP contribution in [-0.2, 0) is 0 Å². The third kappa shape index (κ3) is 2.03. The summed E-state index contributed by atoms with van der Waals surface area (Å²) in [5.74, 6) is -0.965. The van der Waals surface area contributed by atoms with Gasteiger partial charge in [0.05, 0.1) is 22.3 Å². The number of aryl methyl sites for hydroxylation is 1. The van der Waals surface area contributed by atoms with Crippen LogP contribution in [0.4, 0.5) is 0 Å². The van der Waals surface area contributed by atoms with Crippen LogP contribution in [0.5, 0.6) is 0 Å². The molecule has 21 heavy (non-hydrogen) atoms. The number of aromatic carboxylic acids is 1. The van der Waals surface area contributed by atoms with Crippen LogP contribution in [0.2, 0.25) is 0 Å². The largest absolute Gasteiger partial charge is 0.478 e. The number of carboxylic acids is 1. The van der Waals surface area contributed by atoms with E-state index in [-0.39, 0.29) is 5.56 Å². The standard InChI is InChI=1S/C16H11N3O2/c1-10-6-7-18-19-14(8-13(9-17)15(10)19)11-2-4-12(5-3-11)16(20)21/h2-8H,1H3,(H,20,21). The lowest BCUT2D eigenvalue weighted by atomic mass is 10.1. The Morgan fingerprint density at radius 1 is 1.29 bits per heavy atom. The lowest BCUT2D eigenvalue weighted by Crippen LogP contribution is -1.97. The number of aromatic nitrogens is 2. The molecule has 3 rings (SSSR count). The molecule has 0 spiro atoms. The van der Waals surface area contributed by atoms with Crippen molar-refractivity contribution in [2.75, 3.05) is 0 Å². The van der Waals surface area contributed by atoms with Gasteiger partial charge >= 0.3 is 5.97 Å². The van der Waals surface area contributed by atoms with Crippen molar-refractivity contribution < 1.29 is 9.90 Å². The highest BCUT2D eigenvalue weighted by molar-refractivity contribution is 5.88. The number of fused-ring (bicyclic) bond motifs is 1. The van der Waals surface area contributed by atoms with Crippen LogP contribution in [0.25, 0.3) is 16.8 Å². The number of carboxylic acid groups (broad SMARTS) is 1. The van der Waals surface area contributed by atoms with Crippen LogP contribution < -0.4 is 0 Å². The van der Waals surface area contributed by atoms with Crippen molar-refractivity contribution >= 4 is 11.5 Å². The van der Waals surface area contributed by atoms with E-state index in [0.29, 0.717) is 5.56 Å². The summed E-state index contributed by atoms with van der Waals surface area (Å²) < 4.78 is 1.71. The summed E-state index contributed by atoms with van der Waals surface area (Å²) in [4.78, 5) is 10.9. The molecule has 0 aliphatic carbocycles. The van der Waals surface area contributed by atoms with E-state index in [1.807, 2.05) is 13.0 Å². The second kappa shape index (κ2) is 4.76. The van der Waals surface area contributed by atoms with Crippen LogP contribution in [0.15, 0.2) is 42.6 Å². The Hall–Kier alpha value is -3.13. The maximum absolute atomic E-state index is 10.9. The van der Waals surface area contributed by atoms with Crippen LogP contribution >= 0.6 is 0 Å². The number of carbonyl (C=O) groups is 1. The fourth-order valence-electron chi connectivity index (χ4n) is 2.37. The van der Waals surface area contributed by atoms with E-state index in [4.69, 9.17) is 5.11 Å². The fourth-order valence-corrected chi connectivity index (χ4v) is 2.37. The number of benzene rings is 1. The molecule has 0 bridgehead atoms. The highest BCUT2D eigenvalue weighted by Crippen LogP contribution is 2.27. The summed E-state index contributed by atoms with van der Waals surface area (Å²) in [7, 11) is 0. The molecule has 0 saturated heterocycles. The van der Waals surface area contributed by atoms with Crippen molar-refractivity contribution in [1.82, 2.24) is 9.61 Å². The first kappa shape index (κ1) is 12.9. The summed E-state index contributed by atoms with van der Waals surface area (Å²) in [6.45, 7) is 1.93. The summed E-state index contributed by atoms with van der Waals surface area (Å²) in [6, 6.07) is 12.3. The highest BCUT2D eigenvalue weighted by atomic mass is 16.4. The minimum Gasteiger partial charge on any atom is -0.478 e. The zero-order valence-corrected chi connectivity index (χ0v) is 11.2. The van der Waals surface area contributed by atoms with Gasteiger partial charge in [-0.2, -0.15) is 10.4 Å². The first-order valence-corrected chi connectivity index (χ1v) is 6.33. The SMILES string of the molecule is Cc1ccnn2c(-c3ccc(C(=O)O)cc3)cc(C#N)c12. The zero-order valence-electron chi connectivity index (χ0n) is 11.2. The Morgan fingerprint density at radius 2 is 2.00 bits per heavy atom. The van der Waals surface area contributed by atoms with Crippen LogP contribution in [0.3, 0.4) is 0 Å². The monoisotopic (exact) mass is 277 g/mol. The fraction of sp³-hybridized carbons (Fsp3) is 0.0625. The quantitative estimate of drug-likeness (QED) is 0.781. The number of nitriles is 1. The lowest BCUT2D eigenvalue weighted by Gasteiger charge is -2.04. The Labute approximate surface area is 120 Å². The van der Waals surface area contributed by atoms with Gasteiger partial charge in [0.15, 0.2) is 0 Å². The molecule has 5 nitrogen and oxygen atoms in total. The summed E-state index contributed by atoms with van der Waals surface area (Å²) in [5.41, 5.74) is 4.10. The molecule has 0 atom stereocenters. The maximum atomic E-state index is 10.9. The first-order chi connectivity index (χ1) is 10.1. The Balaban J connectivity index is 2.24. The van der Waals surface area contributed by atoms with Crippen LogP contribution in [-0.4, -0.2) is 20.7 Å². The summed E-state index contributed by atoms with van der Waals surface area (Å²) >= 11 is 0. The van der Waals surface area contributed by atoms with Gasteiger partial charge < -0.3 is 5.11 Å². The Kier molecular flexibility index (Phi) is 2.92. The third-order valence-electron chi connectivity index (χ3n) is 3.40. The molecular weight excluding hydrogens is 266 g/mol. The van der Waals surface area contributed by atoms with Crippen molar-refractivity contribution in [3.63, 3.8) is 0 Å². The predicted molar refractivity (Wildman–Crippen MR) is 77.0 cm³/mol. The van der Waals surface area contributed by atoms with Gasteiger partial charge in [-0.25, -0.2) is 9.31 Å². The lowest BCUT2D eigenvalue weighted by molar-refractivity contribution is 0.0697. The van der Waals surface area contributed by atoms with E-state index < -0.39 is 5.97 Å². The summed E-state index contributed by atoms with van der Waals surface area (Å²) in [6.07, 6.45) is 1.68. The highest BCUT2D eigenvalue weighted by Gasteiger charge is 2.13.